The fourth-order valence-corrected chi connectivity index (χ4v) is 3.89. The van der Waals surface area contributed by atoms with Crippen molar-refractivity contribution in [1.82, 2.24) is 0 Å². The van der Waals surface area contributed by atoms with Gasteiger partial charge in [0.15, 0.2) is 18.0 Å². The summed E-state index contributed by atoms with van der Waals surface area (Å²) in [5, 5.41) is 10.1. The van der Waals surface area contributed by atoms with Crippen molar-refractivity contribution in [1.29, 1.82) is 0 Å². The molecule has 0 aromatic heterocycles. The molecule has 0 radical (unpaired) electrons. The summed E-state index contributed by atoms with van der Waals surface area (Å²) in [7, 11) is 0. The Morgan fingerprint density at radius 2 is 1.62 bits per heavy atom. The van der Waals surface area contributed by atoms with Gasteiger partial charge in [0, 0.05) is 5.56 Å². The molecule has 1 aromatic rings. The molecule has 3 rings (SSSR count). The zero-order chi connectivity index (χ0) is 17.0. The molecule has 0 heterocycles. The van der Waals surface area contributed by atoms with Gasteiger partial charge in [0.2, 0.25) is 0 Å². The average molecular weight is 330 g/mol. The predicted molar refractivity (Wildman–Crippen MR) is 91.0 cm³/mol. The molecule has 1 N–H and O–H groups in total. The van der Waals surface area contributed by atoms with Crippen molar-refractivity contribution in [3.8, 4) is 0 Å². The molecule has 0 atom stereocenters. The van der Waals surface area contributed by atoms with E-state index in [9.17, 15) is 14.7 Å². The molecule has 0 spiro atoms. The monoisotopic (exact) mass is 330 g/mol. The van der Waals surface area contributed by atoms with Gasteiger partial charge in [-0.25, -0.2) is 4.79 Å². The molecule has 0 aliphatic heterocycles. The quantitative estimate of drug-likeness (QED) is 0.659. The minimum atomic E-state index is -1.38. The molecular weight excluding hydrogens is 304 g/mol. The highest BCUT2D eigenvalue weighted by molar-refractivity contribution is 5.98. The summed E-state index contributed by atoms with van der Waals surface area (Å²) in [6.45, 7) is -0.302. The van der Waals surface area contributed by atoms with Crippen molar-refractivity contribution >= 4 is 11.8 Å². The average Bonchev–Trinajstić information content (AvgIpc) is 3.08. The normalized spacial score (nSPS) is 20.7. The number of rotatable bonds is 5. The van der Waals surface area contributed by atoms with E-state index in [4.69, 9.17) is 4.74 Å². The van der Waals surface area contributed by atoms with E-state index in [-0.39, 0.29) is 12.4 Å². The van der Waals surface area contributed by atoms with E-state index in [0.29, 0.717) is 24.3 Å². The molecule has 130 valence electrons. The third kappa shape index (κ3) is 3.86. The van der Waals surface area contributed by atoms with Gasteiger partial charge in [-0.15, -0.1) is 0 Å². The number of esters is 1. The minimum absolute atomic E-state index is 0.222. The number of Topliss-reactive ketones (excluding diaryl/α,β-unsaturated/α-hetero) is 1. The number of benzene rings is 1. The van der Waals surface area contributed by atoms with Crippen LogP contribution in [0.2, 0.25) is 0 Å². The summed E-state index contributed by atoms with van der Waals surface area (Å²) in [6.07, 6.45) is 8.84. The van der Waals surface area contributed by atoms with Crippen LogP contribution in [-0.2, 0) is 9.53 Å². The topological polar surface area (TPSA) is 63.6 Å². The van der Waals surface area contributed by atoms with Gasteiger partial charge in [-0.05, 0) is 50.0 Å². The molecule has 1 aromatic carbocycles. The van der Waals surface area contributed by atoms with Crippen LogP contribution < -0.4 is 0 Å². The number of hydrogen-bond donors (Lipinski definition) is 1. The number of carbonyl (C=O) groups excluding carboxylic acids is 2. The lowest BCUT2D eigenvalue weighted by Gasteiger charge is -2.22. The van der Waals surface area contributed by atoms with Crippen molar-refractivity contribution in [3.05, 3.63) is 35.4 Å². The number of hydrogen-bond acceptors (Lipinski definition) is 4. The van der Waals surface area contributed by atoms with E-state index < -0.39 is 11.6 Å². The van der Waals surface area contributed by atoms with Gasteiger partial charge in [0.1, 0.15) is 0 Å². The Hall–Kier alpha value is -1.68. The second kappa shape index (κ2) is 7.47. The van der Waals surface area contributed by atoms with E-state index in [2.05, 4.69) is 0 Å². The molecule has 0 saturated heterocycles. The summed E-state index contributed by atoms with van der Waals surface area (Å²) in [6, 6.07) is 7.69. The second-order valence-corrected chi connectivity index (χ2v) is 7.19. The van der Waals surface area contributed by atoms with Gasteiger partial charge < -0.3 is 9.84 Å². The molecule has 24 heavy (non-hydrogen) atoms. The smallest absolute Gasteiger partial charge is 0.338 e. The Bertz CT molecular complexity index is 578. The SMILES string of the molecule is O=C(COC(=O)C1(O)CCCC1)c1ccc(C2CCCCC2)cc1. The molecule has 4 nitrogen and oxygen atoms in total. The molecule has 0 amide bonds. The zero-order valence-corrected chi connectivity index (χ0v) is 14.1. The van der Waals surface area contributed by atoms with Gasteiger partial charge in [-0.2, -0.15) is 0 Å². The van der Waals surface area contributed by atoms with E-state index in [1.54, 1.807) is 0 Å². The fraction of sp³-hybridized carbons (Fsp3) is 0.600. The Morgan fingerprint density at radius 3 is 2.25 bits per heavy atom. The van der Waals surface area contributed by atoms with Crippen molar-refractivity contribution in [2.24, 2.45) is 0 Å². The summed E-state index contributed by atoms with van der Waals surface area (Å²) in [5.41, 5.74) is 0.467. The first-order chi connectivity index (χ1) is 11.6. The highest BCUT2D eigenvalue weighted by Crippen LogP contribution is 2.33. The molecule has 2 aliphatic rings. The lowest BCUT2D eigenvalue weighted by molar-refractivity contribution is -0.163. The number of ether oxygens (including phenoxy) is 1. The van der Waals surface area contributed by atoms with Crippen LogP contribution in [-0.4, -0.2) is 29.1 Å². The summed E-state index contributed by atoms with van der Waals surface area (Å²) in [4.78, 5) is 24.1. The van der Waals surface area contributed by atoms with Crippen LogP contribution in [0.5, 0.6) is 0 Å². The van der Waals surface area contributed by atoms with Gasteiger partial charge in [-0.3, -0.25) is 4.79 Å². The zero-order valence-electron chi connectivity index (χ0n) is 14.1. The number of ketones is 1. The van der Waals surface area contributed by atoms with Crippen molar-refractivity contribution in [3.63, 3.8) is 0 Å². The molecule has 2 aliphatic carbocycles. The first-order valence-electron chi connectivity index (χ1n) is 9.11. The first kappa shape index (κ1) is 17.2. The largest absolute Gasteiger partial charge is 0.455 e. The summed E-state index contributed by atoms with van der Waals surface area (Å²) >= 11 is 0. The Balaban J connectivity index is 1.54. The Morgan fingerprint density at radius 1 is 1.00 bits per heavy atom. The minimum Gasteiger partial charge on any atom is -0.455 e. The van der Waals surface area contributed by atoms with E-state index in [1.165, 1.54) is 37.7 Å². The maximum Gasteiger partial charge on any atom is 0.338 e. The highest BCUT2D eigenvalue weighted by atomic mass is 16.6. The lowest BCUT2D eigenvalue weighted by Crippen LogP contribution is -2.37. The van der Waals surface area contributed by atoms with Crippen LogP contribution in [0, 0.1) is 0 Å². The number of carbonyl (C=O) groups is 2. The van der Waals surface area contributed by atoms with E-state index in [0.717, 1.165) is 12.8 Å². The molecule has 0 unspecified atom stereocenters. The maximum absolute atomic E-state index is 12.2. The molecule has 2 saturated carbocycles. The van der Waals surface area contributed by atoms with E-state index in [1.807, 2.05) is 24.3 Å². The van der Waals surface area contributed by atoms with Crippen LogP contribution in [0.25, 0.3) is 0 Å². The van der Waals surface area contributed by atoms with Gasteiger partial charge in [0.25, 0.3) is 0 Å². The molecule has 4 heteroatoms. The first-order valence-corrected chi connectivity index (χ1v) is 9.11. The fourth-order valence-electron chi connectivity index (χ4n) is 3.89. The molecule has 0 bridgehead atoms. The van der Waals surface area contributed by atoms with Crippen LogP contribution in [0.4, 0.5) is 0 Å². The standard InChI is InChI=1S/C20H26O4/c21-18(14-24-19(22)20(23)12-4-5-13-20)17-10-8-16(9-11-17)15-6-2-1-3-7-15/h8-11,15,23H,1-7,12-14H2. The van der Waals surface area contributed by atoms with E-state index >= 15 is 0 Å². The van der Waals surface area contributed by atoms with Crippen molar-refractivity contribution in [2.45, 2.75) is 69.3 Å². The van der Waals surface area contributed by atoms with Gasteiger partial charge in [0.05, 0.1) is 0 Å². The lowest BCUT2D eigenvalue weighted by atomic mass is 9.84. The van der Waals surface area contributed by atoms with Gasteiger partial charge in [-0.1, -0.05) is 43.5 Å². The highest BCUT2D eigenvalue weighted by Gasteiger charge is 2.40. The second-order valence-electron chi connectivity index (χ2n) is 7.19. The molecule has 2 fully saturated rings. The van der Waals surface area contributed by atoms with Crippen LogP contribution in [0.1, 0.15) is 79.6 Å². The van der Waals surface area contributed by atoms with Gasteiger partial charge >= 0.3 is 5.97 Å². The van der Waals surface area contributed by atoms with Crippen LogP contribution in [0.15, 0.2) is 24.3 Å². The summed E-state index contributed by atoms with van der Waals surface area (Å²) in [5.74, 6) is -0.273. The molecular formula is C20H26O4. The summed E-state index contributed by atoms with van der Waals surface area (Å²) < 4.78 is 5.05. The third-order valence-corrected chi connectivity index (χ3v) is 5.45. The predicted octanol–water partition coefficient (Wildman–Crippen LogP) is 3.77. The third-order valence-electron chi connectivity index (χ3n) is 5.45. The Kier molecular flexibility index (Phi) is 5.34. The van der Waals surface area contributed by atoms with Crippen LogP contribution in [0.3, 0.4) is 0 Å². The van der Waals surface area contributed by atoms with Crippen LogP contribution >= 0.6 is 0 Å². The number of aliphatic hydroxyl groups is 1. The Labute approximate surface area is 143 Å². The van der Waals surface area contributed by atoms with Crippen molar-refractivity contribution < 1.29 is 19.4 Å². The maximum atomic E-state index is 12.2. The van der Waals surface area contributed by atoms with Crippen molar-refractivity contribution in [2.75, 3.05) is 6.61 Å².